The summed E-state index contributed by atoms with van der Waals surface area (Å²) in [5.74, 6) is -0.451. The molecule has 0 radical (unpaired) electrons. The van der Waals surface area contributed by atoms with Gasteiger partial charge in [-0.05, 0) is 35.9 Å². The average Bonchev–Trinajstić information content (AvgIpc) is 3.03. The Bertz CT molecular complexity index is 1500. The standard InChI is InChI=1S/C30H41F3N8O4S/c1-39(46(2,42)43)27-6-4-3-5-23(27)21-35-28-26(30(31,32)33)22-36-29(38-28)37-24-7-9-25(10-8-24)41-14-12-40(13-15-41)16-18-45-20-19-44-17-11-34/h3-10,22H,11-21,34H2,1-2H3,(H2,35,36,37,38). The molecule has 4 rings (SSSR count). The van der Waals surface area contributed by atoms with Crippen molar-refractivity contribution in [2.75, 3.05) is 98.8 Å². The summed E-state index contributed by atoms with van der Waals surface area (Å²) in [7, 11) is -2.20. The summed E-state index contributed by atoms with van der Waals surface area (Å²) in [6.45, 7) is 7.03. The van der Waals surface area contributed by atoms with Crippen LogP contribution in [0.15, 0.2) is 54.7 Å². The predicted octanol–water partition coefficient (Wildman–Crippen LogP) is 3.36. The normalized spacial score (nSPS) is 14.3. The van der Waals surface area contributed by atoms with Crippen LogP contribution in [0, 0.1) is 0 Å². The molecular formula is C30H41F3N8O4S. The van der Waals surface area contributed by atoms with E-state index in [9.17, 15) is 21.6 Å². The zero-order valence-electron chi connectivity index (χ0n) is 26.0. The molecule has 1 aliphatic heterocycles. The molecule has 46 heavy (non-hydrogen) atoms. The minimum Gasteiger partial charge on any atom is -0.378 e. The van der Waals surface area contributed by atoms with E-state index in [0.29, 0.717) is 49.9 Å². The lowest BCUT2D eigenvalue weighted by Crippen LogP contribution is -2.47. The van der Waals surface area contributed by atoms with E-state index < -0.39 is 27.6 Å². The minimum absolute atomic E-state index is 0.0217. The summed E-state index contributed by atoms with van der Waals surface area (Å²) in [5, 5.41) is 5.71. The SMILES string of the molecule is CN(c1ccccc1CNc1nc(Nc2ccc(N3CCN(CCOCCOCCN)CC3)cc2)ncc1C(F)(F)F)S(C)(=O)=O. The molecule has 0 spiro atoms. The van der Waals surface area contributed by atoms with Crippen LogP contribution >= 0.6 is 0 Å². The molecule has 1 fully saturated rings. The highest BCUT2D eigenvalue weighted by Gasteiger charge is 2.35. The van der Waals surface area contributed by atoms with Gasteiger partial charge in [0.15, 0.2) is 0 Å². The number of aromatic nitrogens is 2. The molecular weight excluding hydrogens is 625 g/mol. The van der Waals surface area contributed by atoms with Crippen molar-refractivity contribution >= 4 is 38.9 Å². The third kappa shape index (κ3) is 10.2. The van der Waals surface area contributed by atoms with Crippen LogP contribution < -0.4 is 25.6 Å². The number of anilines is 5. The molecule has 0 aliphatic carbocycles. The maximum atomic E-state index is 13.8. The second-order valence-electron chi connectivity index (χ2n) is 10.7. The zero-order valence-corrected chi connectivity index (χ0v) is 26.8. The first-order chi connectivity index (χ1) is 22.0. The molecule has 2 heterocycles. The van der Waals surface area contributed by atoms with Crippen LogP contribution in [0.3, 0.4) is 0 Å². The van der Waals surface area contributed by atoms with Crippen molar-refractivity contribution in [3.05, 3.63) is 65.9 Å². The number of halogens is 3. The van der Waals surface area contributed by atoms with Crippen molar-refractivity contribution in [1.82, 2.24) is 14.9 Å². The monoisotopic (exact) mass is 666 g/mol. The Morgan fingerprint density at radius 2 is 1.65 bits per heavy atom. The maximum Gasteiger partial charge on any atom is 0.421 e. The quantitative estimate of drug-likeness (QED) is 0.194. The molecule has 252 valence electrons. The number of hydrogen-bond acceptors (Lipinski definition) is 11. The highest BCUT2D eigenvalue weighted by molar-refractivity contribution is 7.92. The van der Waals surface area contributed by atoms with E-state index in [2.05, 4.69) is 30.4 Å². The lowest BCUT2D eigenvalue weighted by Gasteiger charge is -2.36. The number of rotatable bonds is 16. The number of alkyl halides is 3. The fourth-order valence-corrected chi connectivity index (χ4v) is 5.36. The summed E-state index contributed by atoms with van der Waals surface area (Å²) >= 11 is 0. The molecule has 4 N–H and O–H groups in total. The molecule has 2 aromatic carbocycles. The Labute approximate surface area is 267 Å². The van der Waals surface area contributed by atoms with Gasteiger partial charge < -0.3 is 30.7 Å². The first kappa shape index (κ1) is 35.2. The number of hydrogen-bond donors (Lipinski definition) is 3. The van der Waals surface area contributed by atoms with Gasteiger partial charge in [-0.2, -0.15) is 18.2 Å². The van der Waals surface area contributed by atoms with Gasteiger partial charge in [-0.1, -0.05) is 18.2 Å². The molecule has 0 amide bonds. The number of sulfonamides is 1. The molecule has 1 aliphatic rings. The molecule has 0 saturated carbocycles. The van der Waals surface area contributed by atoms with Crippen molar-refractivity contribution in [3.8, 4) is 0 Å². The number of piperazine rings is 1. The number of ether oxygens (including phenoxy) is 2. The van der Waals surface area contributed by atoms with Crippen LogP contribution in [-0.4, -0.2) is 102 Å². The van der Waals surface area contributed by atoms with Gasteiger partial charge >= 0.3 is 6.18 Å². The first-order valence-electron chi connectivity index (χ1n) is 14.9. The van der Waals surface area contributed by atoms with Gasteiger partial charge in [-0.3, -0.25) is 9.21 Å². The molecule has 0 atom stereocenters. The van der Waals surface area contributed by atoms with Gasteiger partial charge in [-0.15, -0.1) is 0 Å². The molecule has 3 aromatic rings. The molecule has 1 saturated heterocycles. The summed E-state index contributed by atoms with van der Waals surface area (Å²) in [4.78, 5) is 12.6. The topological polar surface area (TPSA) is 138 Å². The zero-order chi connectivity index (χ0) is 33.2. The van der Waals surface area contributed by atoms with Crippen LogP contribution in [0.25, 0.3) is 0 Å². The highest BCUT2D eigenvalue weighted by atomic mass is 32.2. The fourth-order valence-electron chi connectivity index (χ4n) is 4.82. The lowest BCUT2D eigenvalue weighted by atomic mass is 10.1. The third-order valence-electron chi connectivity index (χ3n) is 7.42. The molecule has 1 aromatic heterocycles. The van der Waals surface area contributed by atoms with Gasteiger partial charge in [0.05, 0.1) is 38.4 Å². The Balaban J connectivity index is 1.35. The van der Waals surface area contributed by atoms with Crippen LogP contribution in [0.2, 0.25) is 0 Å². The number of benzene rings is 2. The summed E-state index contributed by atoms with van der Waals surface area (Å²) in [6.07, 6.45) is -2.93. The Hall–Kier alpha value is -3.70. The van der Waals surface area contributed by atoms with Crippen molar-refractivity contribution < 1.29 is 31.1 Å². The Kier molecular flexibility index (Phi) is 12.4. The molecule has 0 unspecified atom stereocenters. The second-order valence-corrected chi connectivity index (χ2v) is 12.7. The van der Waals surface area contributed by atoms with E-state index in [4.69, 9.17) is 15.2 Å². The van der Waals surface area contributed by atoms with E-state index in [-0.39, 0.29) is 12.5 Å². The predicted molar refractivity (Wildman–Crippen MR) is 173 cm³/mol. The summed E-state index contributed by atoms with van der Waals surface area (Å²) in [6, 6.07) is 14.1. The van der Waals surface area contributed by atoms with Gasteiger partial charge in [0.2, 0.25) is 16.0 Å². The minimum atomic E-state index is -4.71. The average molecular weight is 667 g/mol. The summed E-state index contributed by atoms with van der Waals surface area (Å²) in [5.41, 5.74) is 6.82. The van der Waals surface area contributed by atoms with Crippen LogP contribution in [-0.2, 0) is 32.2 Å². The van der Waals surface area contributed by atoms with Gasteiger partial charge in [0.1, 0.15) is 11.4 Å². The van der Waals surface area contributed by atoms with Crippen molar-refractivity contribution in [2.45, 2.75) is 12.7 Å². The van der Waals surface area contributed by atoms with E-state index in [1.54, 1.807) is 24.3 Å². The lowest BCUT2D eigenvalue weighted by molar-refractivity contribution is -0.137. The number of nitrogens with one attached hydrogen (secondary N) is 2. The van der Waals surface area contributed by atoms with E-state index >= 15 is 0 Å². The third-order valence-corrected chi connectivity index (χ3v) is 8.61. The largest absolute Gasteiger partial charge is 0.421 e. The van der Waals surface area contributed by atoms with Gasteiger partial charge in [-0.25, -0.2) is 13.4 Å². The first-order valence-corrected chi connectivity index (χ1v) is 16.7. The van der Waals surface area contributed by atoms with Gasteiger partial charge in [0.25, 0.3) is 0 Å². The van der Waals surface area contributed by atoms with Crippen LogP contribution in [0.1, 0.15) is 11.1 Å². The second kappa shape index (κ2) is 16.2. The van der Waals surface area contributed by atoms with Gasteiger partial charge in [0, 0.05) is 70.4 Å². The number of nitrogens with zero attached hydrogens (tertiary/aromatic N) is 5. The van der Waals surface area contributed by atoms with Crippen LogP contribution in [0.4, 0.5) is 42.0 Å². The summed E-state index contributed by atoms with van der Waals surface area (Å²) < 4.78 is 77.6. The van der Waals surface area contributed by atoms with E-state index in [0.717, 1.165) is 55.2 Å². The van der Waals surface area contributed by atoms with Crippen molar-refractivity contribution in [3.63, 3.8) is 0 Å². The molecule has 16 heteroatoms. The fraction of sp³-hybridized carbons (Fsp3) is 0.467. The maximum absolute atomic E-state index is 13.8. The highest BCUT2D eigenvalue weighted by Crippen LogP contribution is 2.35. The van der Waals surface area contributed by atoms with E-state index in [1.165, 1.54) is 7.05 Å². The van der Waals surface area contributed by atoms with Crippen LogP contribution in [0.5, 0.6) is 0 Å². The smallest absolute Gasteiger partial charge is 0.378 e. The molecule has 12 nitrogen and oxygen atoms in total. The van der Waals surface area contributed by atoms with Crippen molar-refractivity contribution in [2.24, 2.45) is 5.73 Å². The number of nitrogens with two attached hydrogens (primary N) is 1. The van der Waals surface area contributed by atoms with Crippen molar-refractivity contribution in [1.29, 1.82) is 0 Å². The van der Waals surface area contributed by atoms with E-state index in [1.807, 2.05) is 24.3 Å². The Morgan fingerprint density at radius 1 is 0.978 bits per heavy atom. The Morgan fingerprint density at radius 3 is 2.30 bits per heavy atom. The number of para-hydroxylation sites is 1. The molecule has 0 bridgehead atoms.